The van der Waals surface area contributed by atoms with Crippen molar-refractivity contribution in [1.29, 1.82) is 0 Å². The van der Waals surface area contributed by atoms with Gasteiger partial charge in [-0.3, -0.25) is 0 Å². The van der Waals surface area contributed by atoms with Crippen LogP contribution in [0.25, 0.3) is 0 Å². The van der Waals surface area contributed by atoms with Crippen molar-refractivity contribution >= 4 is 10.1 Å². The number of benzene rings is 1. The Kier molecular flexibility index (Phi) is 4.72. The Bertz CT molecular complexity index is 441. The van der Waals surface area contributed by atoms with Crippen LogP contribution in [-0.4, -0.2) is 4.40 Å². The molecule has 1 aromatic rings. The van der Waals surface area contributed by atoms with E-state index in [2.05, 4.69) is 70.2 Å². The molecule has 0 saturated carbocycles. The van der Waals surface area contributed by atoms with Gasteiger partial charge in [0.25, 0.3) is 0 Å². The molecule has 1 aromatic carbocycles. The van der Waals surface area contributed by atoms with E-state index in [1.165, 1.54) is 11.3 Å². The molecule has 0 unspecified atom stereocenters. The molecule has 0 aliphatic heterocycles. The summed E-state index contributed by atoms with van der Waals surface area (Å²) in [5.41, 5.74) is 3.05. The first-order chi connectivity index (χ1) is 7.70. The van der Waals surface area contributed by atoms with Crippen molar-refractivity contribution in [2.45, 2.75) is 47.0 Å². The average Bonchev–Trinajstić information content (AvgIpc) is 2.15. The fourth-order valence-corrected chi connectivity index (χ4v) is 3.73. The fraction of sp³-hybridized carbons (Fsp3) is 0.533. The van der Waals surface area contributed by atoms with Crippen molar-refractivity contribution in [2.75, 3.05) is 0 Å². The molecule has 0 heterocycles. The summed E-state index contributed by atoms with van der Waals surface area (Å²) in [5.74, 6) is 0. The van der Waals surface area contributed by atoms with E-state index in [0.717, 1.165) is 0 Å². The number of nitrogens with zero attached hydrogens (tertiary/aromatic N) is 1. The third-order valence-corrected chi connectivity index (χ3v) is 6.27. The molecule has 1 nitrogen and oxygen atoms in total. The van der Waals surface area contributed by atoms with Gasteiger partial charge >= 0.3 is 114 Å². The van der Waals surface area contributed by atoms with Gasteiger partial charge in [0.05, 0.1) is 0 Å². The zero-order valence-corrected chi connectivity index (χ0v) is 14.7. The molecule has 0 amide bonds. The van der Waals surface area contributed by atoms with Crippen LogP contribution in [0, 0.1) is 5.41 Å². The summed E-state index contributed by atoms with van der Waals surface area (Å²) in [5, 5.41) is 0. The molecule has 0 spiro atoms. The minimum absolute atomic E-state index is 0.181. The zero-order chi connectivity index (χ0) is 13.1. The zero-order valence-electron chi connectivity index (χ0n) is 11.7. The van der Waals surface area contributed by atoms with Gasteiger partial charge in [0.2, 0.25) is 0 Å². The molecule has 0 N–H and O–H groups in total. The Morgan fingerprint density at radius 3 is 2.12 bits per heavy atom. The summed E-state index contributed by atoms with van der Waals surface area (Å²) < 4.78 is 7.29. The molecule has 0 aromatic heterocycles. The van der Waals surface area contributed by atoms with Crippen LogP contribution in [0.2, 0.25) is 0 Å². The molecule has 0 bridgehead atoms. The second-order valence-corrected chi connectivity index (χ2v) is 8.71. The van der Waals surface area contributed by atoms with Crippen molar-refractivity contribution in [3.63, 3.8) is 0 Å². The Morgan fingerprint density at radius 1 is 1.00 bits per heavy atom. The van der Waals surface area contributed by atoms with E-state index in [9.17, 15) is 0 Å². The molecule has 0 fully saturated rings. The summed E-state index contributed by atoms with van der Waals surface area (Å²) in [7, 11) is 0. The van der Waals surface area contributed by atoms with Crippen LogP contribution in [0.4, 0.5) is 5.69 Å². The van der Waals surface area contributed by atoms with E-state index in [4.69, 9.17) is 3.50 Å². The maximum absolute atomic E-state index is 4.87. The Labute approximate surface area is 114 Å². The summed E-state index contributed by atoms with van der Waals surface area (Å²) in [6.45, 7) is 13.5. The summed E-state index contributed by atoms with van der Waals surface area (Å²) in [4.78, 5) is 0. The van der Waals surface area contributed by atoms with Gasteiger partial charge in [-0.05, 0) is 0 Å². The Morgan fingerprint density at radius 2 is 1.59 bits per heavy atom. The quantitative estimate of drug-likeness (QED) is 0.646. The maximum atomic E-state index is 4.87. The first-order valence-electron chi connectivity index (χ1n) is 6.01. The number of rotatable bonds is 1. The topological polar surface area (TPSA) is 12.4 Å². The molecule has 2 heteroatoms. The fourth-order valence-electron chi connectivity index (χ4n) is 1.43. The summed E-state index contributed by atoms with van der Waals surface area (Å²) in [6, 6.07) is 8.55. The second-order valence-electron chi connectivity index (χ2n) is 6.45. The van der Waals surface area contributed by atoms with Crippen molar-refractivity contribution < 1.29 is 17.9 Å². The molecule has 17 heavy (non-hydrogen) atoms. The van der Waals surface area contributed by atoms with E-state index >= 15 is 0 Å². The van der Waals surface area contributed by atoms with Crippen LogP contribution in [0.5, 0.6) is 0 Å². The molecular weight excluding hydrogens is 378 g/mol. The predicted molar refractivity (Wildman–Crippen MR) is 72.7 cm³/mol. The standard InChI is InChI=1S/C10H13N.C5H10.W/c1-10(2,3)8-6-4-5-7-9(8)11;1-5(2,3)4;/h4-7H,1-3H3;1H,2-4H3;. The molecule has 0 aliphatic carbocycles. The van der Waals surface area contributed by atoms with Gasteiger partial charge in [-0.1, -0.05) is 0 Å². The van der Waals surface area contributed by atoms with E-state index in [1.54, 1.807) is 0 Å². The molecular formula is C15H23NW. The van der Waals surface area contributed by atoms with Crippen molar-refractivity contribution in [1.82, 2.24) is 0 Å². The van der Waals surface area contributed by atoms with Gasteiger partial charge in [-0.2, -0.15) is 0 Å². The van der Waals surface area contributed by atoms with Crippen LogP contribution >= 0.6 is 0 Å². The van der Waals surface area contributed by atoms with Crippen LogP contribution in [0.1, 0.15) is 47.1 Å². The van der Waals surface area contributed by atoms with Crippen LogP contribution in [0.3, 0.4) is 0 Å². The van der Waals surface area contributed by atoms with Crippen molar-refractivity contribution in [2.24, 2.45) is 8.91 Å². The number of hydrogen-bond donors (Lipinski definition) is 0. The van der Waals surface area contributed by atoms with Crippen molar-refractivity contribution in [3.8, 4) is 0 Å². The van der Waals surface area contributed by atoms with E-state index < -0.39 is 17.9 Å². The van der Waals surface area contributed by atoms with Gasteiger partial charge in [0.1, 0.15) is 0 Å². The van der Waals surface area contributed by atoms with E-state index in [0.29, 0.717) is 5.41 Å². The third kappa shape index (κ3) is 5.17. The monoisotopic (exact) mass is 401 g/mol. The molecule has 0 saturated heterocycles. The van der Waals surface area contributed by atoms with Gasteiger partial charge in [0, 0.05) is 0 Å². The van der Waals surface area contributed by atoms with Gasteiger partial charge in [0.15, 0.2) is 0 Å². The molecule has 0 aliphatic rings. The SMILES string of the molecule is CC(C)(C)[CH]=[W]=[N]c1ccccc1C(C)(C)C. The summed E-state index contributed by atoms with van der Waals surface area (Å²) in [6.07, 6.45) is 0. The van der Waals surface area contributed by atoms with Gasteiger partial charge in [-0.15, -0.1) is 0 Å². The van der Waals surface area contributed by atoms with E-state index in [1.807, 2.05) is 0 Å². The molecule has 94 valence electrons. The first kappa shape index (κ1) is 14.6. The van der Waals surface area contributed by atoms with Crippen LogP contribution < -0.4 is 0 Å². The normalized spacial score (nSPS) is 12.1. The van der Waals surface area contributed by atoms with Gasteiger partial charge in [-0.25, -0.2) is 0 Å². The third-order valence-electron chi connectivity index (χ3n) is 2.27. The Hall–Kier alpha value is -0.422. The number of hydrogen-bond acceptors (Lipinski definition) is 1. The Balaban J connectivity index is 3.13. The van der Waals surface area contributed by atoms with E-state index in [-0.39, 0.29) is 5.41 Å². The van der Waals surface area contributed by atoms with Gasteiger partial charge < -0.3 is 0 Å². The van der Waals surface area contributed by atoms with Crippen LogP contribution in [-0.2, 0) is 23.3 Å². The predicted octanol–water partition coefficient (Wildman–Crippen LogP) is 4.73. The second kappa shape index (κ2) is 5.48. The molecule has 0 radical (unpaired) electrons. The van der Waals surface area contributed by atoms with Crippen LogP contribution in [0.15, 0.2) is 27.8 Å². The first-order valence-corrected chi connectivity index (χ1v) is 9.01. The molecule has 0 atom stereocenters. The molecule has 1 rings (SSSR count). The average molecular weight is 401 g/mol. The minimum atomic E-state index is -0.722. The van der Waals surface area contributed by atoms with Crippen molar-refractivity contribution in [3.05, 3.63) is 29.8 Å². The summed E-state index contributed by atoms with van der Waals surface area (Å²) >= 11 is -0.722.